The lowest BCUT2D eigenvalue weighted by molar-refractivity contribution is 0.342. The fourth-order valence-corrected chi connectivity index (χ4v) is 2.06. The van der Waals surface area contributed by atoms with E-state index < -0.39 is 0 Å². The van der Waals surface area contributed by atoms with Gasteiger partial charge in [-0.2, -0.15) is 0 Å². The van der Waals surface area contributed by atoms with Crippen LogP contribution in [0.1, 0.15) is 52.3 Å². The Balaban J connectivity index is 2.53. The Morgan fingerprint density at radius 3 is 2.47 bits per heavy atom. The second kappa shape index (κ2) is 7.31. The normalized spacial score (nSPS) is 11.4. The Bertz CT molecular complexity index is 388. The Morgan fingerprint density at radius 1 is 1.16 bits per heavy atom. The molecular formula is C15H28N4. The largest absolute Gasteiger partial charge is 0.373 e. The van der Waals surface area contributed by atoms with Gasteiger partial charge in [-0.25, -0.2) is 9.97 Å². The van der Waals surface area contributed by atoms with Gasteiger partial charge in [-0.05, 0) is 18.8 Å². The Morgan fingerprint density at radius 2 is 1.84 bits per heavy atom. The molecule has 0 saturated heterocycles. The summed E-state index contributed by atoms with van der Waals surface area (Å²) in [5.74, 6) is 2.55. The molecule has 0 aliphatic rings. The second-order valence-electron chi connectivity index (χ2n) is 5.91. The molecular weight excluding hydrogens is 236 g/mol. The van der Waals surface area contributed by atoms with Crippen molar-refractivity contribution in [1.82, 2.24) is 9.97 Å². The van der Waals surface area contributed by atoms with Crippen molar-refractivity contribution in [1.29, 1.82) is 0 Å². The van der Waals surface area contributed by atoms with Crippen LogP contribution < -0.4 is 10.6 Å². The number of anilines is 2. The van der Waals surface area contributed by atoms with Gasteiger partial charge in [0.1, 0.15) is 17.5 Å². The fraction of sp³-hybridized carbons (Fsp3) is 0.733. The summed E-state index contributed by atoms with van der Waals surface area (Å²) in [6.45, 7) is 9.72. The van der Waals surface area contributed by atoms with E-state index in [1.807, 2.05) is 20.0 Å². The number of unbranched alkanes of at least 4 members (excludes halogenated alkanes) is 2. The first kappa shape index (κ1) is 15.7. The summed E-state index contributed by atoms with van der Waals surface area (Å²) in [6.07, 6.45) is 5.15. The highest BCUT2D eigenvalue weighted by atomic mass is 15.1. The highest BCUT2D eigenvalue weighted by molar-refractivity contribution is 5.47. The van der Waals surface area contributed by atoms with Gasteiger partial charge in [0, 0.05) is 19.7 Å². The molecule has 19 heavy (non-hydrogen) atoms. The molecule has 1 heterocycles. The molecule has 2 N–H and O–H groups in total. The average molecular weight is 264 g/mol. The van der Waals surface area contributed by atoms with Gasteiger partial charge in [0.2, 0.25) is 0 Å². The molecule has 1 aromatic rings. The van der Waals surface area contributed by atoms with Gasteiger partial charge in [0.25, 0.3) is 0 Å². The van der Waals surface area contributed by atoms with E-state index in [0.717, 1.165) is 24.0 Å². The van der Waals surface area contributed by atoms with Crippen LogP contribution in [0.3, 0.4) is 0 Å². The first-order chi connectivity index (χ1) is 8.96. The third kappa shape index (κ3) is 5.90. The second-order valence-corrected chi connectivity index (χ2v) is 5.91. The van der Waals surface area contributed by atoms with Crippen LogP contribution in [0, 0.1) is 12.3 Å². The van der Waals surface area contributed by atoms with Gasteiger partial charge in [0.05, 0.1) is 0 Å². The van der Waals surface area contributed by atoms with Gasteiger partial charge in [-0.1, -0.05) is 40.0 Å². The summed E-state index contributed by atoms with van der Waals surface area (Å²) in [6, 6.07) is 1.95. The maximum atomic E-state index is 4.42. The molecule has 0 aromatic carbocycles. The molecule has 4 heteroatoms. The minimum absolute atomic E-state index is 0.299. The highest BCUT2D eigenvalue weighted by Gasteiger charge is 2.17. The topological polar surface area (TPSA) is 49.8 Å². The summed E-state index contributed by atoms with van der Waals surface area (Å²) in [4.78, 5) is 8.71. The quantitative estimate of drug-likeness (QED) is 0.700. The zero-order chi connectivity index (χ0) is 14.3. The summed E-state index contributed by atoms with van der Waals surface area (Å²) >= 11 is 0. The molecule has 0 fully saturated rings. The van der Waals surface area contributed by atoms with Crippen LogP contribution in [0.15, 0.2) is 6.07 Å². The predicted octanol–water partition coefficient (Wildman–Crippen LogP) is 3.85. The first-order valence-corrected chi connectivity index (χ1v) is 7.24. The SMILES string of the molecule is CCCCCC(C)(C)CNc1cc(NC)nc(C)n1. The molecule has 1 rings (SSSR count). The summed E-state index contributed by atoms with van der Waals surface area (Å²) in [5, 5.41) is 6.49. The lowest BCUT2D eigenvalue weighted by Crippen LogP contribution is -2.23. The van der Waals surface area contributed by atoms with Crippen LogP contribution in [0.4, 0.5) is 11.6 Å². The van der Waals surface area contributed by atoms with Crippen LogP contribution in [-0.2, 0) is 0 Å². The van der Waals surface area contributed by atoms with Crippen LogP contribution >= 0.6 is 0 Å². The van der Waals surface area contributed by atoms with Gasteiger partial charge in [-0.15, -0.1) is 0 Å². The average Bonchev–Trinajstić information content (AvgIpc) is 2.36. The maximum absolute atomic E-state index is 4.42. The summed E-state index contributed by atoms with van der Waals surface area (Å²) < 4.78 is 0. The van der Waals surface area contributed by atoms with E-state index in [2.05, 4.69) is 41.4 Å². The van der Waals surface area contributed by atoms with E-state index >= 15 is 0 Å². The molecule has 0 amide bonds. The summed E-state index contributed by atoms with van der Waals surface area (Å²) in [5.41, 5.74) is 0.299. The molecule has 0 saturated carbocycles. The first-order valence-electron chi connectivity index (χ1n) is 7.24. The monoisotopic (exact) mass is 264 g/mol. The third-order valence-corrected chi connectivity index (χ3v) is 3.30. The van der Waals surface area contributed by atoms with E-state index in [1.54, 1.807) is 0 Å². The van der Waals surface area contributed by atoms with Crippen molar-refractivity contribution >= 4 is 11.6 Å². The number of hydrogen-bond donors (Lipinski definition) is 2. The number of rotatable bonds is 8. The minimum atomic E-state index is 0.299. The van der Waals surface area contributed by atoms with Crippen molar-refractivity contribution in [3.05, 3.63) is 11.9 Å². The van der Waals surface area contributed by atoms with E-state index in [-0.39, 0.29) is 0 Å². The smallest absolute Gasteiger partial charge is 0.131 e. The molecule has 0 atom stereocenters. The molecule has 108 valence electrons. The van der Waals surface area contributed by atoms with Crippen LogP contribution in [0.25, 0.3) is 0 Å². The lowest BCUT2D eigenvalue weighted by Gasteiger charge is -2.25. The maximum Gasteiger partial charge on any atom is 0.131 e. The molecule has 0 radical (unpaired) electrons. The molecule has 0 aliphatic heterocycles. The Hall–Kier alpha value is -1.32. The zero-order valence-corrected chi connectivity index (χ0v) is 13.0. The van der Waals surface area contributed by atoms with E-state index in [4.69, 9.17) is 0 Å². The predicted molar refractivity (Wildman–Crippen MR) is 82.7 cm³/mol. The van der Waals surface area contributed by atoms with Crippen molar-refractivity contribution in [3.8, 4) is 0 Å². The van der Waals surface area contributed by atoms with E-state index in [0.29, 0.717) is 5.41 Å². The van der Waals surface area contributed by atoms with E-state index in [1.165, 1.54) is 25.7 Å². The molecule has 4 nitrogen and oxygen atoms in total. The van der Waals surface area contributed by atoms with Gasteiger partial charge in [0.15, 0.2) is 0 Å². The van der Waals surface area contributed by atoms with Crippen LogP contribution in [0.5, 0.6) is 0 Å². The van der Waals surface area contributed by atoms with Gasteiger partial charge >= 0.3 is 0 Å². The van der Waals surface area contributed by atoms with E-state index in [9.17, 15) is 0 Å². The van der Waals surface area contributed by atoms with Gasteiger partial charge in [-0.3, -0.25) is 0 Å². The molecule has 0 aliphatic carbocycles. The van der Waals surface area contributed by atoms with Gasteiger partial charge < -0.3 is 10.6 Å². The number of nitrogens with one attached hydrogen (secondary N) is 2. The molecule has 0 spiro atoms. The fourth-order valence-electron chi connectivity index (χ4n) is 2.06. The summed E-state index contributed by atoms with van der Waals surface area (Å²) in [7, 11) is 1.88. The van der Waals surface area contributed by atoms with Crippen molar-refractivity contribution in [3.63, 3.8) is 0 Å². The Labute approximate surface area is 117 Å². The molecule has 1 aromatic heterocycles. The van der Waals surface area contributed by atoms with Crippen molar-refractivity contribution in [2.45, 2.75) is 53.4 Å². The number of hydrogen-bond acceptors (Lipinski definition) is 4. The van der Waals surface area contributed by atoms with Crippen LogP contribution in [0.2, 0.25) is 0 Å². The zero-order valence-electron chi connectivity index (χ0n) is 13.0. The highest BCUT2D eigenvalue weighted by Crippen LogP contribution is 2.24. The third-order valence-electron chi connectivity index (χ3n) is 3.30. The van der Waals surface area contributed by atoms with Crippen molar-refractivity contribution < 1.29 is 0 Å². The Kier molecular flexibility index (Phi) is 6.06. The van der Waals surface area contributed by atoms with Crippen molar-refractivity contribution in [2.24, 2.45) is 5.41 Å². The number of aryl methyl sites for hydroxylation is 1. The van der Waals surface area contributed by atoms with Crippen molar-refractivity contribution in [2.75, 3.05) is 24.2 Å². The molecule has 0 unspecified atom stereocenters. The minimum Gasteiger partial charge on any atom is -0.373 e. The molecule has 0 bridgehead atoms. The lowest BCUT2D eigenvalue weighted by atomic mass is 9.87. The number of aromatic nitrogens is 2. The van der Waals surface area contributed by atoms with Crippen LogP contribution in [-0.4, -0.2) is 23.6 Å². The standard InChI is InChI=1S/C15H28N4/c1-6-7-8-9-15(3,4)11-17-14-10-13(16-5)18-12(2)19-14/h10H,6-9,11H2,1-5H3,(H2,16,17,18,19). The number of nitrogens with zero attached hydrogens (tertiary/aromatic N) is 2.